The van der Waals surface area contributed by atoms with Gasteiger partial charge in [-0.15, -0.1) is 0 Å². The molecule has 2 aromatic heterocycles. The Hall–Kier alpha value is -2.92. The van der Waals surface area contributed by atoms with E-state index >= 15 is 0 Å². The van der Waals surface area contributed by atoms with Crippen molar-refractivity contribution in [3.8, 4) is 0 Å². The van der Waals surface area contributed by atoms with Gasteiger partial charge in [0.2, 0.25) is 0 Å². The van der Waals surface area contributed by atoms with Crippen molar-refractivity contribution in [2.45, 2.75) is 19.4 Å². The molecule has 3 N–H and O–H groups in total. The Kier molecular flexibility index (Phi) is 4.42. The van der Waals surface area contributed by atoms with Crippen LogP contribution in [-0.4, -0.2) is 23.0 Å². The summed E-state index contributed by atoms with van der Waals surface area (Å²) in [6.45, 7) is 3.89. The fraction of sp³-hybridized carbons (Fsp3) is 0.200. The molecule has 0 unspecified atom stereocenters. The number of nitrogens with two attached hydrogens (primary N) is 1. The SMILES string of the molecule is COC(=O)/C(=C\c1ccnc2[nH]ccc12)c1ccc(C(C)(C)N)cc1. The van der Waals surface area contributed by atoms with Crippen LogP contribution in [0.5, 0.6) is 0 Å². The number of methoxy groups -OCH3 is 1. The highest BCUT2D eigenvalue weighted by Crippen LogP contribution is 2.26. The topological polar surface area (TPSA) is 81.0 Å². The van der Waals surface area contributed by atoms with E-state index in [1.807, 2.05) is 62.5 Å². The zero-order chi connectivity index (χ0) is 18.0. The summed E-state index contributed by atoms with van der Waals surface area (Å²) in [6.07, 6.45) is 5.36. The Morgan fingerprint density at radius 1 is 1.20 bits per heavy atom. The van der Waals surface area contributed by atoms with Gasteiger partial charge in [0.25, 0.3) is 0 Å². The molecule has 0 radical (unpaired) electrons. The van der Waals surface area contributed by atoms with Crippen molar-refractivity contribution >= 4 is 28.7 Å². The lowest BCUT2D eigenvalue weighted by atomic mass is 9.93. The summed E-state index contributed by atoms with van der Waals surface area (Å²) >= 11 is 0. The molecule has 3 rings (SSSR count). The van der Waals surface area contributed by atoms with Crippen molar-refractivity contribution in [3.05, 3.63) is 65.5 Å². The number of rotatable bonds is 4. The molecule has 2 heterocycles. The molecule has 0 saturated carbocycles. The lowest BCUT2D eigenvalue weighted by Crippen LogP contribution is -2.28. The summed E-state index contributed by atoms with van der Waals surface area (Å²) in [4.78, 5) is 19.7. The number of fused-ring (bicyclic) bond motifs is 1. The number of pyridine rings is 1. The Bertz CT molecular complexity index is 931. The summed E-state index contributed by atoms with van der Waals surface area (Å²) < 4.78 is 4.97. The summed E-state index contributed by atoms with van der Waals surface area (Å²) in [5, 5.41) is 0.948. The second-order valence-corrected chi connectivity index (χ2v) is 6.49. The fourth-order valence-corrected chi connectivity index (χ4v) is 2.71. The number of aromatic amines is 1. The van der Waals surface area contributed by atoms with E-state index in [9.17, 15) is 4.79 Å². The first-order chi connectivity index (χ1) is 11.9. The van der Waals surface area contributed by atoms with E-state index in [2.05, 4.69) is 9.97 Å². The molecule has 0 amide bonds. The first-order valence-corrected chi connectivity index (χ1v) is 8.02. The number of H-pyrrole nitrogens is 1. The predicted octanol–water partition coefficient (Wildman–Crippen LogP) is 3.47. The number of nitrogens with one attached hydrogen (secondary N) is 1. The Morgan fingerprint density at radius 3 is 2.56 bits per heavy atom. The molecule has 0 aliphatic heterocycles. The first kappa shape index (κ1) is 16.9. The number of carbonyl (C=O) groups excluding carboxylic acids is 1. The van der Waals surface area contributed by atoms with Crippen molar-refractivity contribution in [3.63, 3.8) is 0 Å². The minimum Gasteiger partial charge on any atom is -0.465 e. The van der Waals surface area contributed by atoms with Gasteiger partial charge in [-0.1, -0.05) is 24.3 Å². The molecule has 128 valence electrons. The summed E-state index contributed by atoms with van der Waals surface area (Å²) in [5.74, 6) is -0.389. The van der Waals surface area contributed by atoms with Crippen LogP contribution in [-0.2, 0) is 15.1 Å². The molecule has 3 aromatic rings. The molecular weight excluding hydrogens is 314 g/mol. The van der Waals surface area contributed by atoms with Gasteiger partial charge in [0.15, 0.2) is 0 Å². The third-order valence-corrected chi connectivity index (χ3v) is 4.14. The standard InChI is InChI=1S/C20H21N3O2/c1-20(2,21)15-6-4-13(5-7-15)17(19(24)25-3)12-14-8-10-22-18-16(14)9-11-23-18/h4-12H,21H2,1-3H3,(H,22,23)/b17-12-. The molecule has 0 atom stereocenters. The van der Waals surface area contributed by atoms with Crippen molar-refractivity contribution in [1.29, 1.82) is 0 Å². The van der Waals surface area contributed by atoms with Crippen LogP contribution in [0.1, 0.15) is 30.5 Å². The van der Waals surface area contributed by atoms with Crippen LogP contribution in [0.4, 0.5) is 0 Å². The lowest BCUT2D eigenvalue weighted by molar-refractivity contribution is -0.133. The Balaban J connectivity index is 2.09. The molecule has 5 nitrogen and oxygen atoms in total. The van der Waals surface area contributed by atoms with E-state index < -0.39 is 5.54 Å². The Morgan fingerprint density at radius 2 is 1.92 bits per heavy atom. The molecule has 0 fully saturated rings. The van der Waals surface area contributed by atoms with Crippen molar-refractivity contribution in [2.24, 2.45) is 5.73 Å². The Labute approximate surface area is 146 Å². The van der Waals surface area contributed by atoms with Crippen LogP contribution in [0, 0.1) is 0 Å². The average molecular weight is 335 g/mol. The highest BCUT2D eigenvalue weighted by Gasteiger charge is 2.17. The second-order valence-electron chi connectivity index (χ2n) is 6.49. The largest absolute Gasteiger partial charge is 0.465 e. The molecule has 0 aliphatic carbocycles. The van der Waals surface area contributed by atoms with Gasteiger partial charge in [0, 0.05) is 23.3 Å². The predicted molar refractivity (Wildman–Crippen MR) is 99.6 cm³/mol. The average Bonchev–Trinajstić information content (AvgIpc) is 3.08. The van der Waals surface area contributed by atoms with Gasteiger partial charge in [-0.05, 0) is 48.7 Å². The van der Waals surface area contributed by atoms with E-state index in [4.69, 9.17) is 10.5 Å². The van der Waals surface area contributed by atoms with Crippen LogP contribution in [0.25, 0.3) is 22.7 Å². The minimum absolute atomic E-state index is 0.389. The van der Waals surface area contributed by atoms with Gasteiger partial charge in [0.05, 0.1) is 12.7 Å². The monoisotopic (exact) mass is 335 g/mol. The van der Waals surface area contributed by atoms with Gasteiger partial charge in [0.1, 0.15) is 5.65 Å². The number of hydrogen-bond donors (Lipinski definition) is 2. The number of aromatic nitrogens is 2. The summed E-state index contributed by atoms with van der Waals surface area (Å²) in [6, 6.07) is 11.5. The van der Waals surface area contributed by atoms with Crippen LogP contribution >= 0.6 is 0 Å². The number of hydrogen-bond acceptors (Lipinski definition) is 4. The zero-order valence-electron chi connectivity index (χ0n) is 14.5. The van der Waals surface area contributed by atoms with Crippen LogP contribution in [0.3, 0.4) is 0 Å². The minimum atomic E-state index is -0.434. The molecule has 5 heteroatoms. The van der Waals surface area contributed by atoms with Crippen LogP contribution < -0.4 is 5.73 Å². The number of nitrogens with zero attached hydrogens (tertiary/aromatic N) is 1. The first-order valence-electron chi connectivity index (χ1n) is 8.02. The summed E-state index contributed by atoms with van der Waals surface area (Å²) in [5.41, 5.74) is 9.63. The molecular formula is C20H21N3O2. The van der Waals surface area contributed by atoms with Crippen molar-refractivity contribution in [1.82, 2.24) is 9.97 Å². The van der Waals surface area contributed by atoms with E-state index in [0.29, 0.717) is 5.57 Å². The molecule has 1 aromatic carbocycles. The van der Waals surface area contributed by atoms with E-state index in [-0.39, 0.29) is 5.97 Å². The van der Waals surface area contributed by atoms with Crippen molar-refractivity contribution < 1.29 is 9.53 Å². The molecule has 0 saturated heterocycles. The summed E-state index contributed by atoms with van der Waals surface area (Å²) in [7, 11) is 1.38. The van der Waals surface area contributed by atoms with Gasteiger partial charge in [-0.25, -0.2) is 9.78 Å². The fourth-order valence-electron chi connectivity index (χ4n) is 2.71. The normalized spacial score (nSPS) is 12.4. The molecule has 25 heavy (non-hydrogen) atoms. The molecule has 0 spiro atoms. The second kappa shape index (κ2) is 6.53. The van der Waals surface area contributed by atoms with Gasteiger partial charge < -0.3 is 15.5 Å². The maximum Gasteiger partial charge on any atom is 0.338 e. The van der Waals surface area contributed by atoms with E-state index in [1.165, 1.54) is 7.11 Å². The number of ether oxygens (including phenoxy) is 1. The van der Waals surface area contributed by atoms with Crippen LogP contribution in [0.15, 0.2) is 48.8 Å². The van der Waals surface area contributed by atoms with E-state index in [1.54, 1.807) is 6.20 Å². The van der Waals surface area contributed by atoms with Crippen LogP contribution in [0.2, 0.25) is 0 Å². The quantitative estimate of drug-likeness (QED) is 0.565. The van der Waals surface area contributed by atoms with Gasteiger partial charge >= 0.3 is 5.97 Å². The lowest BCUT2D eigenvalue weighted by Gasteiger charge is -2.19. The zero-order valence-corrected chi connectivity index (χ0v) is 14.5. The number of esters is 1. The highest BCUT2D eigenvalue weighted by atomic mass is 16.5. The maximum atomic E-state index is 12.3. The third kappa shape index (κ3) is 3.46. The maximum absolute atomic E-state index is 12.3. The number of benzene rings is 1. The molecule has 0 bridgehead atoms. The third-order valence-electron chi connectivity index (χ3n) is 4.14. The van der Waals surface area contributed by atoms with Crippen molar-refractivity contribution in [2.75, 3.05) is 7.11 Å². The van der Waals surface area contributed by atoms with Gasteiger partial charge in [-0.3, -0.25) is 0 Å². The highest BCUT2D eigenvalue weighted by molar-refractivity contribution is 6.22. The smallest absolute Gasteiger partial charge is 0.338 e. The van der Waals surface area contributed by atoms with Gasteiger partial charge in [-0.2, -0.15) is 0 Å². The van der Waals surface area contributed by atoms with E-state index in [0.717, 1.165) is 27.7 Å². The molecule has 0 aliphatic rings. The number of carbonyl (C=O) groups is 1.